The molecule has 0 radical (unpaired) electrons. The minimum atomic E-state index is -4.26. The van der Waals surface area contributed by atoms with Crippen LogP contribution in [0.3, 0.4) is 0 Å². The van der Waals surface area contributed by atoms with E-state index in [0.29, 0.717) is 6.54 Å². The zero-order valence-electron chi connectivity index (χ0n) is 9.79. The van der Waals surface area contributed by atoms with E-state index in [0.717, 1.165) is 5.82 Å². The van der Waals surface area contributed by atoms with Crippen molar-refractivity contribution < 1.29 is 17.9 Å². The highest BCUT2D eigenvalue weighted by atomic mass is 19.4. The monoisotopic (exact) mass is 251 g/mol. The molecular weight excluding hydrogens is 235 g/mol. The summed E-state index contributed by atoms with van der Waals surface area (Å²) in [5, 5.41) is 3.04. The number of rotatable bonds is 6. The molecule has 0 saturated heterocycles. The van der Waals surface area contributed by atoms with Gasteiger partial charge in [0.25, 0.3) is 0 Å². The summed E-state index contributed by atoms with van der Waals surface area (Å²) in [7, 11) is 1.86. The molecule has 1 heterocycles. The zero-order chi connectivity index (χ0) is 12.9. The Morgan fingerprint density at radius 1 is 1.53 bits per heavy atom. The first-order valence-electron chi connectivity index (χ1n) is 5.25. The Morgan fingerprint density at radius 2 is 2.24 bits per heavy atom. The Labute approximate surface area is 97.8 Å². The number of aryl methyl sites for hydroxylation is 1. The predicted molar refractivity (Wildman–Crippen MR) is 56.5 cm³/mol. The van der Waals surface area contributed by atoms with Crippen LogP contribution in [0.2, 0.25) is 0 Å². The molecule has 0 amide bonds. The molecule has 0 spiro atoms. The summed E-state index contributed by atoms with van der Waals surface area (Å²) in [6.45, 7) is 1.07. The highest BCUT2D eigenvalue weighted by molar-refractivity contribution is 4.96. The molecule has 0 aliphatic carbocycles. The largest absolute Gasteiger partial charge is 0.411 e. The minimum absolute atomic E-state index is 0.0221. The lowest BCUT2D eigenvalue weighted by Gasteiger charge is -2.14. The first-order valence-corrected chi connectivity index (χ1v) is 5.25. The van der Waals surface area contributed by atoms with E-state index in [-0.39, 0.29) is 12.6 Å². The molecule has 0 aliphatic rings. The van der Waals surface area contributed by atoms with Gasteiger partial charge in [0.1, 0.15) is 12.4 Å². The Bertz CT molecular complexity index is 338. The molecule has 17 heavy (non-hydrogen) atoms. The number of hydrogen-bond donors (Lipinski definition) is 1. The number of imidazole rings is 1. The van der Waals surface area contributed by atoms with E-state index in [4.69, 9.17) is 0 Å². The van der Waals surface area contributed by atoms with Crippen molar-refractivity contribution in [3.8, 4) is 0 Å². The Hall–Kier alpha value is -1.08. The maximum atomic E-state index is 11.8. The third-order valence-corrected chi connectivity index (χ3v) is 2.21. The molecule has 1 rings (SSSR count). The summed E-state index contributed by atoms with van der Waals surface area (Å²) < 4.78 is 41.6. The van der Waals surface area contributed by atoms with Crippen molar-refractivity contribution >= 4 is 0 Å². The van der Waals surface area contributed by atoms with E-state index < -0.39 is 12.8 Å². The van der Waals surface area contributed by atoms with Gasteiger partial charge in [-0.3, -0.25) is 0 Å². The van der Waals surface area contributed by atoms with Crippen LogP contribution in [0.5, 0.6) is 0 Å². The van der Waals surface area contributed by atoms with Crippen LogP contribution in [-0.4, -0.2) is 35.5 Å². The van der Waals surface area contributed by atoms with E-state index in [2.05, 4.69) is 15.0 Å². The van der Waals surface area contributed by atoms with Gasteiger partial charge in [-0.2, -0.15) is 13.2 Å². The summed E-state index contributed by atoms with van der Waals surface area (Å²) >= 11 is 0. The van der Waals surface area contributed by atoms with Gasteiger partial charge in [-0.1, -0.05) is 0 Å². The number of halogens is 3. The third kappa shape index (κ3) is 5.18. The molecule has 0 aromatic carbocycles. The summed E-state index contributed by atoms with van der Waals surface area (Å²) in [6.07, 6.45) is -0.771. The lowest BCUT2D eigenvalue weighted by molar-refractivity contribution is -0.173. The second kappa shape index (κ2) is 6.02. The van der Waals surface area contributed by atoms with Crippen LogP contribution >= 0.6 is 0 Å². The number of aromatic nitrogens is 2. The van der Waals surface area contributed by atoms with E-state index in [1.54, 1.807) is 6.20 Å². The number of ether oxygens (including phenoxy) is 1. The SMILES string of the molecule is CC(NCCOCC(F)(F)F)c1nccn1C. The van der Waals surface area contributed by atoms with Crippen LogP contribution in [0.1, 0.15) is 18.8 Å². The Balaban J connectivity index is 2.17. The molecule has 1 unspecified atom stereocenters. The number of nitrogens with one attached hydrogen (secondary N) is 1. The third-order valence-electron chi connectivity index (χ3n) is 2.21. The van der Waals surface area contributed by atoms with E-state index in [9.17, 15) is 13.2 Å². The van der Waals surface area contributed by atoms with Gasteiger partial charge in [-0.25, -0.2) is 4.98 Å². The fourth-order valence-electron chi connectivity index (χ4n) is 1.42. The molecule has 4 nitrogen and oxygen atoms in total. The maximum Gasteiger partial charge on any atom is 0.411 e. The number of nitrogens with zero attached hydrogens (tertiary/aromatic N) is 2. The van der Waals surface area contributed by atoms with Gasteiger partial charge >= 0.3 is 6.18 Å². The van der Waals surface area contributed by atoms with Crippen molar-refractivity contribution in [1.82, 2.24) is 14.9 Å². The predicted octanol–water partition coefficient (Wildman–Crippen LogP) is 1.65. The molecule has 0 aliphatic heterocycles. The van der Waals surface area contributed by atoms with Crippen molar-refractivity contribution in [1.29, 1.82) is 0 Å². The number of hydrogen-bond acceptors (Lipinski definition) is 3. The number of alkyl halides is 3. The van der Waals surface area contributed by atoms with Gasteiger partial charge in [-0.15, -0.1) is 0 Å². The summed E-state index contributed by atoms with van der Waals surface area (Å²) in [5.41, 5.74) is 0. The highest BCUT2D eigenvalue weighted by Crippen LogP contribution is 2.14. The summed E-state index contributed by atoms with van der Waals surface area (Å²) in [6, 6.07) is -0.0236. The quantitative estimate of drug-likeness (QED) is 0.781. The normalized spacial score (nSPS) is 13.9. The Morgan fingerprint density at radius 3 is 2.76 bits per heavy atom. The van der Waals surface area contributed by atoms with E-state index >= 15 is 0 Å². The van der Waals surface area contributed by atoms with E-state index in [1.165, 1.54) is 0 Å². The average Bonchev–Trinajstić information content (AvgIpc) is 2.62. The smallest absolute Gasteiger partial charge is 0.371 e. The van der Waals surface area contributed by atoms with Gasteiger partial charge in [0, 0.05) is 26.0 Å². The van der Waals surface area contributed by atoms with Crippen LogP contribution < -0.4 is 5.32 Å². The van der Waals surface area contributed by atoms with Gasteiger partial charge in [0.2, 0.25) is 0 Å². The fourth-order valence-corrected chi connectivity index (χ4v) is 1.42. The summed E-state index contributed by atoms with van der Waals surface area (Å²) in [5.74, 6) is 0.834. The zero-order valence-corrected chi connectivity index (χ0v) is 9.79. The summed E-state index contributed by atoms with van der Waals surface area (Å²) in [4.78, 5) is 4.13. The molecule has 1 atom stereocenters. The molecule has 98 valence electrons. The van der Waals surface area contributed by atoms with Crippen molar-refractivity contribution in [2.24, 2.45) is 7.05 Å². The lowest BCUT2D eigenvalue weighted by atomic mass is 10.3. The van der Waals surface area contributed by atoms with Gasteiger partial charge < -0.3 is 14.6 Å². The molecular formula is C10H16F3N3O. The Kier molecular flexibility index (Phi) is 4.95. The highest BCUT2D eigenvalue weighted by Gasteiger charge is 2.27. The van der Waals surface area contributed by atoms with Gasteiger partial charge in [-0.05, 0) is 6.92 Å². The first-order chi connectivity index (χ1) is 7.90. The second-order valence-electron chi connectivity index (χ2n) is 3.74. The van der Waals surface area contributed by atoms with Crippen molar-refractivity contribution in [3.05, 3.63) is 18.2 Å². The van der Waals surface area contributed by atoms with E-state index in [1.807, 2.05) is 24.7 Å². The van der Waals surface area contributed by atoms with Crippen LogP contribution in [0.25, 0.3) is 0 Å². The van der Waals surface area contributed by atoms with Crippen molar-refractivity contribution in [2.75, 3.05) is 19.8 Å². The van der Waals surface area contributed by atoms with Crippen LogP contribution in [0.15, 0.2) is 12.4 Å². The van der Waals surface area contributed by atoms with Crippen LogP contribution in [-0.2, 0) is 11.8 Å². The van der Waals surface area contributed by atoms with Gasteiger partial charge in [0.05, 0.1) is 12.6 Å². The standard InChI is InChI=1S/C10H16F3N3O/c1-8(9-15-3-5-16(9)2)14-4-6-17-7-10(11,12)13/h3,5,8,14H,4,6-7H2,1-2H3. The van der Waals surface area contributed by atoms with Crippen LogP contribution in [0.4, 0.5) is 13.2 Å². The maximum absolute atomic E-state index is 11.8. The minimum Gasteiger partial charge on any atom is -0.371 e. The molecule has 1 aromatic heterocycles. The average molecular weight is 251 g/mol. The molecule has 1 aromatic rings. The molecule has 7 heteroatoms. The molecule has 0 fully saturated rings. The first kappa shape index (κ1) is 14.0. The van der Waals surface area contributed by atoms with Crippen molar-refractivity contribution in [2.45, 2.75) is 19.1 Å². The van der Waals surface area contributed by atoms with Crippen LogP contribution in [0, 0.1) is 0 Å². The van der Waals surface area contributed by atoms with Crippen molar-refractivity contribution in [3.63, 3.8) is 0 Å². The second-order valence-corrected chi connectivity index (χ2v) is 3.74. The molecule has 0 saturated carbocycles. The molecule has 1 N–H and O–H groups in total. The molecule has 0 bridgehead atoms. The lowest BCUT2D eigenvalue weighted by Crippen LogP contribution is -2.27. The topological polar surface area (TPSA) is 39.1 Å². The van der Waals surface area contributed by atoms with Gasteiger partial charge in [0.15, 0.2) is 0 Å². The fraction of sp³-hybridized carbons (Fsp3) is 0.700.